The second kappa shape index (κ2) is 31.6. The Morgan fingerprint density at radius 2 is 0.882 bits per heavy atom. The summed E-state index contributed by atoms with van der Waals surface area (Å²) in [5.74, 6) is -4.46. The number of esters is 7. The molecule has 0 saturated heterocycles. The summed E-state index contributed by atoms with van der Waals surface area (Å²) in [7, 11) is 15.9. The molecule has 0 aliphatic carbocycles. The third kappa shape index (κ3) is 25.9. The Morgan fingerprint density at radius 3 is 1.18 bits per heavy atom. The van der Waals surface area contributed by atoms with Crippen LogP contribution in [0.5, 0.6) is 0 Å². The van der Waals surface area contributed by atoms with E-state index in [0.717, 1.165) is 12.0 Å². The molecule has 0 saturated carbocycles. The highest BCUT2D eigenvalue weighted by Gasteiger charge is 2.20. The molecule has 16 nitrogen and oxygen atoms in total. The fourth-order valence-corrected chi connectivity index (χ4v) is 2.93. The molecule has 0 unspecified atom stereocenters. The van der Waals surface area contributed by atoms with Gasteiger partial charge in [-0.15, -0.1) is 0 Å². The molecule has 16 heteroatoms. The van der Waals surface area contributed by atoms with Crippen LogP contribution in [-0.2, 0) is 66.7 Å². The zero-order chi connectivity index (χ0) is 40.7. The average molecular weight is 727 g/mol. The number of rotatable bonds is 12. The van der Waals surface area contributed by atoms with Gasteiger partial charge < -0.3 is 43.0 Å². The molecule has 0 N–H and O–H groups in total. The van der Waals surface area contributed by atoms with Gasteiger partial charge in [0.25, 0.3) is 0 Å². The lowest BCUT2D eigenvalue weighted by Gasteiger charge is -2.07. The van der Waals surface area contributed by atoms with E-state index < -0.39 is 35.8 Å². The highest BCUT2D eigenvalue weighted by Crippen LogP contribution is 2.07. The summed E-state index contributed by atoms with van der Waals surface area (Å²) in [5, 5.41) is 0. The number of ether oxygens (including phenoxy) is 7. The number of hydrogen-bond donors (Lipinski definition) is 0. The van der Waals surface area contributed by atoms with Crippen molar-refractivity contribution < 1.29 is 66.7 Å². The normalized spacial score (nSPS) is 9.86. The first-order chi connectivity index (χ1) is 23.8. The van der Waals surface area contributed by atoms with Crippen LogP contribution in [0, 0.1) is 0 Å². The van der Waals surface area contributed by atoms with Gasteiger partial charge in [0, 0.05) is 40.0 Å². The molecular formula is C35H54N2O14. The summed E-state index contributed by atoms with van der Waals surface area (Å²) in [6, 6.07) is 0. The Labute approximate surface area is 300 Å². The topological polar surface area (TPSA) is 191 Å². The molecule has 0 aromatic rings. The lowest BCUT2D eigenvalue weighted by Crippen LogP contribution is -2.16. The molecule has 0 aliphatic heterocycles. The quantitative estimate of drug-likeness (QED) is 0.0712. The Bertz CT molecular complexity index is 1280. The second-order valence-electron chi connectivity index (χ2n) is 9.72. The van der Waals surface area contributed by atoms with Gasteiger partial charge in [-0.2, -0.15) is 0 Å². The monoisotopic (exact) mass is 726 g/mol. The molecule has 0 bridgehead atoms. The van der Waals surface area contributed by atoms with Crippen LogP contribution in [0.4, 0.5) is 0 Å². The SMILES string of the molecule is CC/C=C(\C)C(=O)OC.CC=C(C(=O)OC)C(=O)OC.COC(=O)C(=C/C(C)=C/N(C)C)C(=O)OC.COC(=O)C(=C/C=C/N(C)C)C(=O)OC. The maximum absolute atomic E-state index is 11.3. The van der Waals surface area contributed by atoms with Crippen molar-refractivity contribution in [3.63, 3.8) is 0 Å². The molecule has 0 atom stereocenters. The van der Waals surface area contributed by atoms with Crippen molar-refractivity contribution in [2.45, 2.75) is 34.1 Å². The fourth-order valence-electron chi connectivity index (χ4n) is 2.93. The highest BCUT2D eigenvalue weighted by molar-refractivity contribution is 6.15. The molecule has 0 rings (SSSR count). The van der Waals surface area contributed by atoms with E-state index in [2.05, 4.69) is 33.2 Å². The molecule has 51 heavy (non-hydrogen) atoms. The number of carbonyl (C=O) groups is 7. The van der Waals surface area contributed by atoms with Gasteiger partial charge in [0.05, 0.1) is 49.8 Å². The van der Waals surface area contributed by atoms with Crippen LogP contribution in [0.1, 0.15) is 34.1 Å². The van der Waals surface area contributed by atoms with Gasteiger partial charge in [0.1, 0.15) is 16.7 Å². The van der Waals surface area contributed by atoms with Crippen LogP contribution in [0.25, 0.3) is 0 Å². The Morgan fingerprint density at radius 1 is 0.529 bits per heavy atom. The molecule has 0 aliphatic rings. The molecule has 288 valence electrons. The fraction of sp³-hybridized carbons (Fsp3) is 0.457. The minimum absolute atomic E-state index is 0.0880. The van der Waals surface area contributed by atoms with Gasteiger partial charge in [-0.05, 0) is 57.2 Å². The van der Waals surface area contributed by atoms with Crippen molar-refractivity contribution in [1.82, 2.24) is 9.80 Å². The predicted octanol–water partition coefficient (Wildman–Crippen LogP) is 2.85. The molecule has 0 heterocycles. The van der Waals surface area contributed by atoms with E-state index in [0.29, 0.717) is 5.57 Å². The standard InChI is InChI=1S/C11H17NO4.C10H15NO4.C7H10O4.C7H12O2/c1-8(7-12(2)3)6-9(10(13)15-4)11(14)16-5;1-11(2)7-5-6-8(9(12)14-3)10(13)15-4;1-4-5(6(8)10-2)7(9)11-3;1-4-5-6(2)7(8)9-3/h6-7H,1-5H3;5-7H,1-4H3;4H,1-3H3;5H,4H2,1-3H3/b8-7+;7-5+;;6-5+. The van der Waals surface area contributed by atoms with Crippen molar-refractivity contribution in [3.05, 3.63) is 70.6 Å². The number of nitrogens with zero attached hydrogens (tertiary/aromatic N) is 2. The van der Waals surface area contributed by atoms with E-state index in [1.54, 1.807) is 49.0 Å². The minimum atomic E-state index is -0.717. The summed E-state index contributed by atoms with van der Waals surface area (Å²) >= 11 is 0. The number of methoxy groups -OCH3 is 7. The first-order valence-corrected chi connectivity index (χ1v) is 14.9. The first-order valence-electron chi connectivity index (χ1n) is 14.9. The third-order valence-corrected chi connectivity index (χ3v) is 5.22. The van der Waals surface area contributed by atoms with E-state index in [-0.39, 0.29) is 22.7 Å². The van der Waals surface area contributed by atoms with Crippen LogP contribution in [0.3, 0.4) is 0 Å². The zero-order valence-electron chi connectivity index (χ0n) is 32.4. The molecule has 0 amide bonds. The van der Waals surface area contributed by atoms with E-state index >= 15 is 0 Å². The van der Waals surface area contributed by atoms with Crippen LogP contribution in [-0.4, -0.2) is 130 Å². The van der Waals surface area contributed by atoms with Crippen molar-refractivity contribution in [2.24, 2.45) is 0 Å². The van der Waals surface area contributed by atoms with Crippen molar-refractivity contribution in [2.75, 3.05) is 78.0 Å². The maximum Gasteiger partial charge on any atom is 0.345 e. The van der Waals surface area contributed by atoms with Gasteiger partial charge in [-0.1, -0.05) is 19.1 Å². The Kier molecular flexibility index (Phi) is 32.3. The summed E-state index contributed by atoms with van der Waals surface area (Å²) in [5.41, 5.74) is 1.07. The average Bonchev–Trinajstić information content (AvgIpc) is 3.11. The van der Waals surface area contributed by atoms with Crippen LogP contribution in [0.15, 0.2) is 70.6 Å². The summed E-state index contributed by atoms with van der Waals surface area (Å²) in [4.78, 5) is 80.6. The highest BCUT2D eigenvalue weighted by atomic mass is 16.6. The van der Waals surface area contributed by atoms with Gasteiger partial charge in [-0.25, -0.2) is 33.6 Å². The molecule has 0 fully saturated rings. The van der Waals surface area contributed by atoms with Gasteiger partial charge in [-0.3, -0.25) is 0 Å². The molecule has 0 aromatic heterocycles. The van der Waals surface area contributed by atoms with E-state index in [1.165, 1.54) is 68.0 Å². The molecular weight excluding hydrogens is 672 g/mol. The van der Waals surface area contributed by atoms with E-state index in [1.807, 2.05) is 41.2 Å². The zero-order valence-corrected chi connectivity index (χ0v) is 32.4. The third-order valence-electron chi connectivity index (χ3n) is 5.22. The summed E-state index contributed by atoms with van der Waals surface area (Å²) in [6.45, 7) is 7.05. The molecule has 0 spiro atoms. The molecule has 0 aromatic carbocycles. The van der Waals surface area contributed by atoms with Crippen molar-refractivity contribution in [3.8, 4) is 0 Å². The largest absolute Gasteiger partial charge is 0.466 e. The molecule has 0 radical (unpaired) electrons. The van der Waals surface area contributed by atoms with Crippen LogP contribution >= 0.6 is 0 Å². The van der Waals surface area contributed by atoms with E-state index in [4.69, 9.17) is 0 Å². The summed E-state index contributed by atoms with van der Waals surface area (Å²) in [6.07, 6.45) is 11.8. The number of carbonyl (C=O) groups excluding carboxylic acids is 7. The van der Waals surface area contributed by atoms with Crippen molar-refractivity contribution in [1.29, 1.82) is 0 Å². The van der Waals surface area contributed by atoms with Gasteiger partial charge in [0.15, 0.2) is 0 Å². The first kappa shape index (κ1) is 52.1. The maximum atomic E-state index is 11.3. The summed E-state index contributed by atoms with van der Waals surface area (Å²) < 4.78 is 31.0. The lowest BCUT2D eigenvalue weighted by atomic mass is 10.2. The van der Waals surface area contributed by atoms with Crippen LogP contribution in [0.2, 0.25) is 0 Å². The predicted molar refractivity (Wildman–Crippen MR) is 188 cm³/mol. The van der Waals surface area contributed by atoms with E-state index in [9.17, 15) is 33.6 Å². The van der Waals surface area contributed by atoms with Crippen LogP contribution < -0.4 is 0 Å². The number of hydrogen-bond acceptors (Lipinski definition) is 16. The Hall–Kier alpha value is -5.67. The Balaban J connectivity index is -0.000000296. The van der Waals surface area contributed by atoms with Gasteiger partial charge >= 0.3 is 41.8 Å². The lowest BCUT2D eigenvalue weighted by molar-refractivity contribution is -0.145. The second-order valence-corrected chi connectivity index (χ2v) is 9.72. The minimum Gasteiger partial charge on any atom is -0.466 e. The number of allylic oxidation sites excluding steroid dienone is 6. The van der Waals surface area contributed by atoms with Crippen molar-refractivity contribution >= 4 is 41.8 Å². The van der Waals surface area contributed by atoms with Gasteiger partial charge in [0.2, 0.25) is 0 Å². The smallest absolute Gasteiger partial charge is 0.345 e.